The molecule has 0 spiro atoms. The van der Waals surface area contributed by atoms with Crippen molar-refractivity contribution >= 4 is 17.8 Å². The van der Waals surface area contributed by atoms with Gasteiger partial charge < -0.3 is 10.1 Å². The van der Waals surface area contributed by atoms with Crippen LogP contribution in [0.3, 0.4) is 0 Å². The zero-order valence-electron chi connectivity index (χ0n) is 16.9. The lowest BCUT2D eigenvalue weighted by atomic mass is 9.85. The Hall–Kier alpha value is -3.03. The molecule has 2 atom stereocenters. The number of nitrogens with zero attached hydrogens (tertiary/aromatic N) is 2. The van der Waals surface area contributed by atoms with Crippen LogP contribution < -0.4 is 16.2 Å². The number of alkyl halides is 3. The highest BCUT2D eigenvalue weighted by Gasteiger charge is 2.34. The number of amides is 2. The largest absolute Gasteiger partial charge is 0.444 e. The number of anilines is 1. The summed E-state index contributed by atoms with van der Waals surface area (Å²) in [6.07, 6.45) is -2.28. The molecule has 1 aromatic rings. The zero-order valence-corrected chi connectivity index (χ0v) is 16.9. The summed E-state index contributed by atoms with van der Waals surface area (Å²) in [5.74, 6) is -0.880. The normalized spacial score (nSPS) is 19.4. The molecule has 8 nitrogen and oxygen atoms in total. The molecule has 1 aliphatic carbocycles. The number of pyridine rings is 1. The molecule has 1 aliphatic rings. The Kier molecular flexibility index (Phi) is 7.12. The number of halogens is 3. The summed E-state index contributed by atoms with van der Waals surface area (Å²) in [5.41, 5.74) is 2.47. The molecule has 1 fully saturated rings. The molecule has 0 radical (unpaired) electrons. The van der Waals surface area contributed by atoms with Crippen molar-refractivity contribution < 1.29 is 27.5 Å². The van der Waals surface area contributed by atoms with Crippen LogP contribution in [0.25, 0.3) is 0 Å². The fraction of sp³-hybridized carbons (Fsp3) is 0.579. The van der Waals surface area contributed by atoms with E-state index < -0.39 is 34.9 Å². The monoisotopic (exact) mass is 427 g/mol. The van der Waals surface area contributed by atoms with Crippen LogP contribution in [0.4, 0.5) is 23.8 Å². The van der Waals surface area contributed by atoms with Crippen LogP contribution in [-0.4, -0.2) is 28.6 Å². The van der Waals surface area contributed by atoms with Gasteiger partial charge in [0.2, 0.25) is 5.91 Å². The van der Waals surface area contributed by atoms with Gasteiger partial charge in [0.05, 0.1) is 17.2 Å². The first kappa shape index (κ1) is 23.3. The minimum Gasteiger partial charge on any atom is -0.444 e. The molecular weight excluding hydrogens is 403 g/mol. The van der Waals surface area contributed by atoms with E-state index in [-0.39, 0.29) is 17.8 Å². The second kappa shape index (κ2) is 9.19. The number of ether oxygens (including phenoxy) is 1. The van der Waals surface area contributed by atoms with Gasteiger partial charge in [-0.1, -0.05) is 6.42 Å². The van der Waals surface area contributed by atoms with Crippen LogP contribution in [0, 0.1) is 17.2 Å². The average molecular weight is 427 g/mol. The second-order valence-corrected chi connectivity index (χ2v) is 8.05. The van der Waals surface area contributed by atoms with E-state index in [0.29, 0.717) is 25.5 Å². The quantitative estimate of drug-likeness (QED) is 0.634. The minimum absolute atomic E-state index is 0.0906. The lowest BCUT2D eigenvalue weighted by Crippen LogP contribution is -2.45. The highest BCUT2D eigenvalue weighted by molar-refractivity contribution is 5.80. The molecule has 1 aromatic heterocycles. The fourth-order valence-electron chi connectivity index (χ4n) is 3.10. The molecule has 0 aliphatic heterocycles. The van der Waals surface area contributed by atoms with E-state index >= 15 is 0 Å². The van der Waals surface area contributed by atoms with Gasteiger partial charge in [-0.3, -0.25) is 15.6 Å². The Morgan fingerprint density at radius 2 is 1.97 bits per heavy atom. The van der Waals surface area contributed by atoms with Gasteiger partial charge in [-0.2, -0.15) is 18.4 Å². The maximum atomic E-state index is 12.8. The second-order valence-electron chi connectivity index (χ2n) is 8.05. The molecule has 1 saturated carbocycles. The van der Waals surface area contributed by atoms with E-state index in [4.69, 9.17) is 10.00 Å². The Bertz CT molecular complexity index is 830. The molecule has 0 unspecified atom stereocenters. The third-order valence-corrected chi connectivity index (χ3v) is 4.41. The Labute approximate surface area is 172 Å². The van der Waals surface area contributed by atoms with Gasteiger partial charge in [0.15, 0.2) is 0 Å². The van der Waals surface area contributed by atoms with E-state index in [0.717, 1.165) is 12.5 Å². The number of rotatable bonds is 4. The van der Waals surface area contributed by atoms with Crippen LogP contribution in [0.5, 0.6) is 0 Å². The molecule has 164 valence electrons. The van der Waals surface area contributed by atoms with Crippen LogP contribution in [0.15, 0.2) is 12.3 Å². The lowest BCUT2D eigenvalue weighted by Gasteiger charge is -2.30. The number of carbonyl (C=O) groups excluding carboxylic acids is 2. The number of aromatic nitrogens is 1. The molecule has 2 amide bonds. The summed E-state index contributed by atoms with van der Waals surface area (Å²) in [7, 11) is 0. The SMILES string of the molecule is CC(C)(C)OC(=O)N[C@@H]1CCC[C@H](C(=O)NNc2cc(C#N)c(C(F)(F)F)cn2)C1. The first-order valence-corrected chi connectivity index (χ1v) is 9.42. The van der Waals surface area contributed by atoms with Crippen molar-refractivity contribution in [2.24, 2.45) is 5.92 Å². The van der Waals surface area contributed by atoms with Crippen molar-refractivity contribution in [1.82, 2.24) is 15.7 Å². The summed E-state index contributed by atoms with van der Waals surface area (Å²) in [6.45, 7) is 5.26. The summed E-state index contributed by atoms with van der Waals surface area (Å²) in [5, 5.41) is 11.7. The molecule has 30 heavy (non-hydrogen) atoms. The highest BCUT2D eigenvalue weighted by Crippen LogP contribution is 2.32. The minimum atomic E-state index is -4.70. The third-order valence-electron chi connectivity index (χ3n) is 4.41. The fourth-order valence-corrected chi connectivity index (χ4v) is 3.10. The van der Waals surface area contributed by atoms with Crippen molar-refractivity contribution in [2.45, 2.75) is 64.3 Å². The van der Waals surface area contributed by atoms with Gasteiger partial charge in [0.25, 0.3) is 0 Å². The van der Waals surface area contributed by atoms with E-state index in [1.807, 2.05) is 0 Å². The average Bonchev–Trinajstić information content (AvgIpc) is 2.63. The number of carbonyl (C=O) groups is 2. The number of alkyl carbamates (subject to hydrolysis) is 1. The molecule has 0 aromatic carbocycles. The predicted octanol–water partition coefficient (Wildman–Crippen LogP) is 3.50. The molecule has 2 rings (SSSR count). The maximum absolute atomic E-state index is 12.8. The van der Waals surface area contributed by atoms with Gasteiger partial charge in [0, 0.05) is 24.2 Å². The van der Waals surface area contributed by atoms with Crippen molar-refractivity contribution in [1.29, 1.82) is 5.26 Å². The van der Waals surface area contributed by atoms with Crippen LogP contribution in [-0.2, 0) is 15.7 Å². The van der Waals surface area contributed by atoms with Gasteiger partial charge in [0.1, 0.15) is 11.4 Å². The van der Waals surface area contributed by atoms with Crippen molar-refractivity contribution in [3.63, 3.8) is 0 Å². The number of nitrogens with one attached hydrogen (secondary N) is 3. The summed E-state index contributed by atoms with van der Waals surface area (Å²) >= 11 is 0. The van der Waals surface area contributed by atoms with Gasteiger partial charge in [-0.15, -0.1) is 0 Å². The van der Waals surface area contributed by atoms with Gasteiger partial charge in [-0.25, -0.2) is 9.78 Å². The highest BCUT2D eigenvalue weighted by atomic mass is 19.4. The van der Waals surface area contributed by atoms with E-state index in [2.05, 4.69) is 21.2 Å². The Balaban J connectivity index is 1.92. The van der Waals surface area contributed by atoms with Crippen LogP contribution >= 0.6 is 0 Å². The molecule has 1 heterocycles. The summed E-state index contributed by atoms with van der Waals surface area (Å²) < 4.78 is 43.7. The number of hydrogen-bond donors (Lipinski definition) is 3. The van der Waals surface area contributed by atoms with E-state index in [1.54, 1.807) is 20.8 Å². The number of nitriles is 1. The molecule has 3 N–H and O–H groups in total. The van der Waals surface area contributed by atoms with Crippen molar-refractivity contribution in [3.8, 4) is 6.07 Å². The first-order valence-electron chi connectivity index (χ1n) is 9.42. The Morgan fingerprint density at radius 3 is 2.57 bits per heavy atom. The Morgan fingerprint density at radius 1 is 1.27 bits per heavy atom. The van der Waals surface area contributed by atoms with Crippen LogP contribution in [0.2, 0.25) is 0 Å². The third kappa shape index (κ3) is 6.79. The van der Waals surface area contributed by atoms with Gasteiger partial charge >= 0.3 is 12.3 Å². The maximum Gasteiger partial charge on any atom is 0.419 e. The molecular formula is C19H24F3N5O3. The number of hydrazine groups is 1. The topological polar surface area (TPSA) is 116 Å². The van der Waals surface area contributed by atoms with Crippen molar-refractivity contribution in [2.75, 3.05) is 5.43 Å². The van der Waals surface area contributed by atoms with E-state index in [9.17, 15) is 22.8 Å². The first-order chi connectivity index (χ1) is 13.9. The predicted molar refractivity (Wildman–Crippen MR) is 101 cm³/mol. The standard InChI is InChI=1S/C19H24F3N5O3/c1-18(2,3)30-17(29)25-13-6-4-5-11(7-13)16(28)27-26-15-8-12(9-23)14(10-24-15)19(20,21)22/h8,10-11,13H,4-7H2,1-3H3,(H,24,26)(H,25,29)(H,27,28)/t11-,13+/m0/s1. The lowest BCUT2D eigenvalue weighted by molar-refractivity contribution is -0.138. The van der Waals surface area contributed by atoms with E-state index in [1.165, 1.54) is 6.07 Å². The molecule has 0 bridgehead atoms. The van der Waals surface area contributed by atoms with Gasteiger partial charge in [-0.05, 0) is 40.0 Å². The number of hydrogen-bond acceptors (Lipinski definition) is 6. The molecule has 11 heteroatoms. The van der Waals surface area contributed by atoms with Crippen molar-refractivity contribution in [3.05, 3.63) is 23.4 Å². The zero-order chi connectivity index (χ0) is 22.5. The smallest absolute Gasteiger partial charge is 0.419 e. The van der Waals surface area contributed by atoms with Crippen LogP contribution in [0.1, 0.15) is 57.6 Å². The summed E-state index contributed by atoms with van der Waals surface area (Å²) in [4.78, 5) is 27.9. The molecule has 0 saturated heterocycles. The summed E-state index contributed by atoms with van der Waals surface area (Å²) in [6, 6.07) is 2.16.